The number of hydrogen-bond acceptors (Lipinski definition) is 2. The van der Waals surface area contributed by atoms with Gasteiger partial charge in [-0.3, -0.25) is 0 Å². The van der Waals surface area contributed by atoms with Crippen LogP contribution in [0.2, 0.25) is 0 Å². The van der Waals surface area contributed by atoms with Gasteiger partial charge in [0.15, 0.2) is 0 Å². The van der Waals surface area contributed by atoms with Crippen LogP contribution in [0.15, 0.2) is 0 Å². The lowest BCUT2D eigenvalue weighted by Crippen LogP contribution is -2.27. The molecule has 68 valence electrons. The summed E-state index contributed by atoms with van der Waals surface area (Å²) in [7, 11) is 0. The second-order valence-electron chi connectivity index (χ2n) is 3.79. The summed E-state index contributed by atoms with van der Waals surface area (Å²) in [5, 5.41) is 12.7. The van der Waals surface area contributed by atoms with E-state index in [1.807, 2.05) is 13.8 Å². The van der Waals surface area contributed by atoms with Crippen LogP contribution in [0.3, 0.4) is 0 Å². The maximum absolute atomic E-state index is 9.31. The Morgan fingerprint density at radius 2 is 2.00 bits per heavy atom. The molecule has 0 spiro atoms. The number of rotatable bonds is 4. The van der Waals surface area contributed by atoms with Crippen LogP contribution in [-0.4, -0.2) is 23.3 Å². The van der Waals surface area contributed by atoms with Crippen LogP contribution in [-0.2, 0) is 0 Å². The van der Waals surface area contributed by atoms with Crippen LogP contribution in [0, 0.1) is 0 Å². The van der Waals surface area contributed by atoms with E-state index in [2.05, 4.69) is 5.32 Å². The molecular formula is C8H18ClNO. The SMILES string of the molecule is CC(C)(O)CCNC1CC1.Cl. The first-order chi connectivity index (χ1) is 4.58. The molecule has 0 atom stereocenters. The largest absolute Gasteiger partial charge is 0.390 e. The first-order valence-electron chi connectivity index (χ1n) is 4.04. The van der Waals surface area contributed by atoms with Crippen molar-refractivity contribution in [2.24, 2.45) is 0 Å². The first kappa shape index (κ1) is 11.2. The van der Waals surface area contributed by atoms with Gasteiger partial charge in [0.05, 0.1) is 5.60 Å². The normalized spacial score (nSPS) is 17.7. The summed E-state index contributed by atoms with van der Waals surface area (Å²) in [5.74, 6) is 0. The monoisotopic (exact) mass is 179 g/mol. The lowest BCUT2D eigenvalue weighted by molar-refractivity contribution is 0.0711. The molecule has 2 N–H and O–H groups in total. The van der Waals surface area contributed by atoms with Crippen molar-refractivity contribution >= 4 is 12.4 Å². The number of halogens is 1. The molecule has 2 nitrogen and oxygen atoms in total. The molecule has 0 unspecified atom stereocenters. The molecule has 0 amide bonds. The average molecular weight is 180 g/mol. The van der Waals surface area contributed by atoms with Crippen LogP contribution in [0.1, 0.15) is 33.1 Å². The molecule has 1 aliphatic carbocycles. The molecule has 0 aromatic rings. The molecule has 3 heteroatoms. The van der Waals surface area contributed by atoms with Gasteiger partial charge in [0.2, 0.25) is 0 Å². The molecule has 0 aliphatic heterocycles. The van der Waals surface area contributed by atoms with Crippen molar-refractivity contribution in [3.8, 4) is 0 Å². The lowest BCUT2D eigenvalue weighted by atomic mass is 10.1. The topological polar surface area (TPSA) is 32.3 Å². The fraction of sp³-hybridized carbons (Fsp3) is 1.00. The zero-order valence-corrected chi connectivity index (χ0v) is 8.08. The van der Waals surface area contributed by atoms with Crippen LogP contribution in [0.4, 0.5) is 0 Å². The minimum absolute atomic E-state index is 0. The Morgan fingerprint density at radius 3 is 2.36 bits per heavy atom. The van der Waals surface area contributed by atoms with Crippen molar-refractivity contribution in [3.05, 3.63) is 0 Å². The van der Waals surface area contributed by atoms with E-state index in [0.29, 0.717) is 0 Å². The van der Waals surface area contributed by atoms with E-state index in [1.54, 1.807) is 0 Å². The first-order valence-corrected chi connectivity index (χ1v) is 4.04. The van der Waals surface area contributed by atoms with Crippen LogP contribution < -0.4 is 5.32 Å². The van der Waals surface area contributed by atoms with E-state index >= 15 is 0 Å². The fourth-order valence-corrected chi connectivity index (χ4v) is 0.870. The summed E-state index contributed by atoms with van der Waals surface area (Å²) < 4.78 is 0. The van der Waals surface area contributed by atoms with Crippen molar-refractivity contribution in [1.29, 1.82) is 0 Å². The highest BCUT2D eigenvalue weighted by molar-refractivity contribution is 5.85. The van der Waals surface area contributed by atoms with Crippen molar-refractivity contribution in [2.75, 3.05) is 6.54 Å². The zero-order chi connectivity index (χ0) is 7.61. The number of nitrogens with one attached hydrogen (secondary N) is 1. The summed E-state index contributed by atoms with van der Waals surface area (Å²) in [5.41, 5.74) is -0.498. The Labute approximate surface area is 74.8 Å². The van der Waals surface area contributed by atoms with Crippen molar-refractivity contribution < 1.29 is 5.11 Å². The molecule has 0 bridgehead atoms. The molecule has 0 radical (unpaired) electrons. The van der Waals surface area contributed by atoms with E-state index in [-0.39, 0.29) is 12.4 Å². The van der Waals surface area contributed by atoms with Gasteiger partial charge in [-0.15, -0.1) is 12.4 Å². The summed E-state index contributed by atoms with van der Waals surface area (Å²) in [6.45, 7) is 4.65. The minimum atomic E-state index is -0.498. The molecule has 1 rings (SSSR count). The summed E-state index contributed by atoms with van der Waals surface area (Å²) in [6.07, 6.45) is 3.50. The van der Waals surface area contributed by atoms with Gasteiger partial charge < -0.3 is 10.4 Å². The quantitative estimate of drug-likeness (QED) is 0.683. The molecule has 0 heterocycles. The van der Waals surface area contributed by atoms with Crippen LogP contribution in [0.25, 0.3) is 0 Å². The van der Waals surface area contributed by atoms with Crippen molar-refractivity contribution in [2.45, 2.75) is 44.8 Å². The van der Waals surface area contributed by atoms with Gasteiger partial charge in [-0.25, -0.2) is 0 Å². The van der Waals surface area contributed by atoms with Gasteiger partial charge in [-0.05, 0) is 39.7 Å². The van der Waals surface area contributed by atoms with E-state index < -0.39 is 5.60 Å². The molecular weight excluding hydrogens is 162 g/mol. The van der Waals surface area contributed by atoms with Crippen molar-refractivity contribution in [3.63, 3.8) is 0 Å². The minimum Gasteiger partial charge on any atom is -0.390 e. The second-order valence-corrected chi connectivity index (χ2v) is 3.79. The summed E-state index contributed by atoms with van der Waals surface area (Å²) >= 11 is 0. The number of aliphatic hydroxyl groups is 1. The Kier molecular flexibility index (Phi) is 4.37. The lowest BCUT2D eigenvalue weighted by Gasteiger charge is -2.16. The van der Waals surface area contributed by atoms with Gasteiger partial charge in [0.1, 0.15) is 0 Å². The molecule has 11 heavy (non-hydrogen) atoms. The Balaban J connectivity index is 0.000001000. The Morgan fingerprint density at radius 1 is 1.45 bits per heavy atom. The third-order valence-corrected chi connectivity index (χ3v) is 1.75. The van der Waals surface area contributed by atoms with Gasteiger partial charge in [0.25, 0.3) is 0 Å². The maximum atomic E-state index is 9.31. The van der Waals surface area contributed by atoms with Gasteiger partial charge >= 0.3 is 0 Å². The zero-order valence-electron chi connectivity index (χ0n) is 7.26. The second kappa shape index (κ2) is 4.29. The molecule has 0 aromatic carbocycles. The maximum Gasteiger partial charge on any atom is 0.0603 e. The highest BCUT2D eigenvalue weighted by Crippen LogP contribution is 2.18. The van der Waals surface area contributed by atoms with Gasteiger partial charge in [0, 0.05) is 6.04 Å². The highest BCUT2D eigenvalue weighted by Gasteiger charge is 2.21. The standard InChI is InChI=1S/C8H17NO.ClH/c1-8(2,10)5-6-9-7-3-4-7;/h7,9-10H,3-6H2,1-2H3;1H. The van der Waals surface area contributed by atoms with E-state index in [1.165, 1.54) is 12.8 Å². The Hall–Kier alpha value is 0.210. The molecule has 0 saturated heterocycles. The number of hydrogen-bond donors (Lipinski definition) is 2. The van der Waals surface area contributed by atoms with E-state index in [9.17, 15) is 5.11 Å². The molecule has 1 aliphatic rings. The fourth-order valence-electron chi connectivity index (χ4n) is 0.870. The van der Waals surface area contributed by atoms with Gasteiger partial charge in [-0.1, -0.05) is 0 Å². The van der Waals surface area contributed by atoms with Crippen molar-refractivity contribution in [1.82, 2.24) is 5.32 Å². The summed E-state index contributed by atoms with van der Waals surface area (Å²) in [4.78, 5) is 0. The summed E-state index contributed by atoms with van der Waals surface area (Å²) in [6, 6.07) is 0.766. The predicted octanol–water partition coefficient (Wildman–Crippen LogP) is 1.32. The molecule has 1 fully saturated rings. The third-order valence-electron chi connectivity index (χ3n) is 1.75. The van der Waals surface area contributed by atoms with Crippen LogP contribution >= 0.6 is 12.4 Å². The predicted molar refractivity (Wildman–Crippen MR) is 49.2 cm³/mol. The van der Waals surface area contributed by atoms with E-state index in [4.69, 9.17) is 0 Å². The highest BCUT2D eigenvalue weighted by atomic mass is 35.5. The van der Waals surface area contributed by atoms with Crippen LogP contribution in [0.5, 0.6) is 0 Å². The average Bonchev–Trinajstić information content (AvgIpc) is 2.45. The Bertz CT molecular complexity index is 107. The smallest absolute Gasteiger partial charge is 0.0603 e. The van der Waals surface area contributed by atoms with Gasteiger partial charge in [-0.2, -0.15) is 0 Å². The molecule has 1 saturated carbocycles. The molecule has 0 aromatic heterocycles. The third kappa shape index (κ3) is 6.60. The van der Waals surface area contributed by atoms with E-state index in [0.717, 1.165) is 19.0 Å².